The van der Waals surface area contributed by atoms with Crippen LogP contribution in [0.3, 0.4) is 0 Å². The van der Waals surface area contributed by atoms with Crippen molar-refractivity contribution < 1.29 is 9.94 Å². The average Bonchev–Trinajstić information content (AvgIpc) is 2.51. The second-order valence-corrected chi connectivity index (χ2v) is 6.79. The molecule has 0 amide bonds. The Morgan fingerprint density at radius 1 is 1.52 bits per heavy atom. The minimum absolute atomic E-state index is 0.0734. The molecular weight excluding hydrogens is 286 g/mol. The van der Waals surface area contributed by atoms with Gasteiger partial charge in [0.2, 0.25) is 0 Å². The zero-order chi connectivity index (χ0) is 15.4. The van der Waals surface area contributed by atoms with E-state index in [1.807, 2.05) is 30.0 Å². The van der Waals surface area contributed by atoms with Crippen LogP contribution in [0.15, 0.2) is 23.4 Å². The number of oxime groups is 1. The quantitative estimate of drug-likeness (QED) is 0.386. The monoisotopic (exact) mass is 309 g/mol. The normalized spacial score (nSPS) is 24.0. The Morgan fingerprint density at radius 3 is 2.95 bits per heavy atom. The zero-order valence-electron chi connectivity index (χ0n) is 12.7. The molecule has 5 nitrogen and oxygen atoms in total. The SMILES string of the molecule is COc1ccc(CN2CCSC(C)C2C)cc1/C(N)=N/O. The molecule has 2 unspecified atom stereocenters. The number of methoxy groups -OCH3 is 1. The van der Waals surface area contributed by atoms with Crippen molar-refractivity contribution in [2.45, 2.75) is 31.7 Å². The second-order valence-electron chi connectivity index (χ2n) is 5.31. The first-order valence-corrected chi connectivity index (χ1v) is 8.12. The standard InChI is InChI=1S/C15H23N3O2S/c1-10-11(2)21-7-6-18(10)9-12-4-5-14(20-3)13(8-12)15(16)17-19/h4-5,8,10-11,19H,6-7,9H2,1-3H3,(H2,16,17). The van der Waals surface area contributed by atoms with Crippen LogP contribution in [-0.4, -0.2) is 46.6 Å². The molecule has 1 aliphatic heterocycles. The molecule has 2 rings (SSSR count). The molecule has 0 spiro atoms. The highest BCUT2D eigenvalue weighted by Crippen LogP contribution is 2.27. The summed E-state index contributed by atoms with van der Waals surface area (Å²) in [6.07, 6.45) is 0. The van der Waals surface area contributed by atoms with E-state index in [0.29, 0.717) is 22.6 Å². The first-order valence-electron chi connectivity index (χ1n) is 7.07. The van der Waals surface area contributed by atoms with Crippen LogP contribution >= 0.6 is 11.8 Å². The van der Waals surface area contributed by atoms with E-state index in [4.69, 9.17) is 15.7 Å². The molecule has 0 saturated carbocycles. The fourth-order valence-electron chi connectivity index (χ4n) is 2.56. The largest absolute Gasteiger partial charge is 0.496 e. The van der Waals surface area contributed by atoms with Gasteiger partial charge in [0.1, 0.15) is 5.75 Å². The van der Waals surface area contributed by atoms with Crippen molar-refractivity contribution in [1.82, 2.24) is 4.90 Å². The van der Waals surface area contributed by atoms with E-state index in [1.54, 1.807) is 7.11 Å². The van der Waals surface area contributed by atoms with E-state index in [2.05, 4.69) is 23.9 Å². The molecular formula is C15H23N3O2S. The van der Waals surface area contributed by atoms with Crippen LogP contribution in [0, 0.1) is 0 Å². The second kappa shape index (κ2) is 7.04. The lowest BCUT2D eigenvalue weighted by Crippen LogP contribution is -2.43. The molecule has 3 N–H and O–H groups in total. The molecule has 0 aromatic heterocycles. The van der Waals surface area contributed by atoms with E-state index in [1.165, 1.54) is 0 Å². The van der Waals surface area contributed by atoms with E-state index in [-0.39, 0.29) is 5.84 Å². The summed E-state index contributed by atoms with van der Waals surface area (Å²) in [5, 5.41) is 12.6. The summed E-state index contributed by atoms with van der Waals surface area (Å²) in [6, 6.07) is 6.38. The number of nitrogens with two attached hydrogens (primary N) is 1. The Kier molecular flexibility index (Phi) is 5.36. The van der Waals surface area contributed by atoms with Crippen LogP contribution < -0.4 is 10.5 Å². The number of hydrogen-bond donors (Lipinski definition) is 2. The molecule has 0 aliphatic carbocycles. The third-order valence-corrected chi connectivity index (χ3v) is 5.39. The third-order valence-electron chi connectivity index (χ3n) is 4.05. The van der Waals surface area contributed by atoms with Crippen molar-refractivity contribution in [1.29, 1.82) is 0 Å². The van der Waals surface area contributed by atoms with E-state index >= 15 is 0 Å². The van der Waals surface area contributed by atoms with Gasteiger partial charge in [0, 0.05) is 30.1 Å². The maximum absolute atomic E-state index is 8.89. The van der Waals surface area contributed by atoms with Crippen LogP contribution in [0.25, 0.3) is 0 Å². The van der Waals surface area contributed by atoms with Crippen molar-refractivity contribution in [3.05, 3.63) is 29.3 Å². The van der Waals surface area contributed by atoms with Gasteiger partial charge in [-0.25, -0.2) is 0 Å². The summed E-state index contributed by atoms with van der Waals surface area (Å²) in [6.45, 7) is 6.49. The number of nitrogens with zero attached hydrogens (tertiary/aromatic N) is 2. The molecule has 2 atom stereocenters. The molecule has 116 valence electrons. The summed E-state index contributed by atoms with van der Waals surface area (Å²) < 4.78 is 5.26. The highest BCUT2D eigenvalue weighted by Gasteiger charge is 2.25. The third kappa shape index (κ3) is 3.63. The Labute approximate surface area is 130 Å². The van der Waals surface area contributed by atoms with Crippen LogP contribution in [-0.2, 0) is 6.54 Å². The first-order chi connectivity index (χ1) is 10.1. The Balaban J connectivity index is 2.21. The lowest BCUT2D eigenvalue weighted by Gasteiger charge is -2.37. The predicted molar refractivity (Wildman–Crippen MR) is 87.3 cm³/mol. The van der Waals surface area contributed by atoms with E-state index in [0.717, 1.165) is 24.4 Å². The maximum atomic E-state index is 8.89. The number of benzene rings is 1. The lowest BCUT2D eigenvalue weighted by atomic mass is 10.1. The van der Waals surface area contributed by atoms with E-state index < -0.39 is 0 Å². The number of hydrogen-bond acceptors (Lipinski definition) is 5. The molecule has 1 saturated heterocycles. The van der Waals surface area contributed by atoms with Crippen LogP contribution in [0.2, 0.25) is 0 Å². The summed E-state index contributed by atoms with van der Waals surface area (Å²) in [5.41, 5.74) is 7.50. The van der Waals surface area contributed by atoms with Crippen molar-refractivity contribution in [2.24, 2.45) is 10.9 Å². The topological polar surface area (TPSA) is 71.1 Å². The summed E-state index contributed by atoms with van der Waals surface area (Å²) in [5.74, 6) is 1.85. The molecule has 6 heteroatoms. The van der Waals surface area contributed by atoms with E-state index in [9.17, 15) is 0 Å². The molecule has 1 aliphatic rings. The average molecular weight is 309 g/mol. The van der Waals surface area contributed by atoms with Gasteiger partial charge in [-0.2, -0.15) is 11.8 Å². The van der Waals surface area contributed by atoms with Gasteiger partial charge in [0.25, 0.3) is 0 Å². The number of ether oxygens (including phenoxy) is 1. The number of amidine groups is 1. The molecule has 1 fully saturated rings. The Morgan fingerprint density at radius 2 is 2.29 bits per heavy atom. The summed E-state index contributed by atoms with van der Waals surface area (Å²) in [4.78, 5) is 2.47. The molecule has 1 heterocycles. The lowest BCUT2D eigenvalue weighted by molar-refractivity contribution is 0.204. The number of thioether (sulfide) groups is 1. The van der Waals surface area contributed by atoms with Gasteiger partial charge in [0.05, 0.1) is 12.7 Å². The maximum Gasteiger partial charge on any atom is 0.173 e. The zero-order valence-corrected chi connectivity index (χ0v) is 13.6. The van der Waals surface area contributed by atoms with Gasteiger partial charge in [-0.1, -0.05) is 18.1 Å². The minimum atomic E-state index is 0.0734. The fraction of sp³-hybridized carbons (Fsp3) is 0.533. The predicted octanol–water partition coefficient (Wildman–Crippen LogP) is 2.12. The van der Waals surface area contributed by atoms with Gasteiger partial charge >= 0.3 is 0 Å². The Bertz CT molecular complexity index is 522. The molecule has 0 bridgehead atoms. The first kappa shape index (κ1) is 16.0. The van der Waals surface area contributed by atoms with Gasteiger partial charge in [-0.3, -0.25) is 4.90 Å². The highest BCUT2D eigenvalue weighted by atomic mass is 32.2. The van der Waals surface area contributed by atoms with Crippen molar-refractivity contribution in [3.63, 3.8) is 0 Å². The molecule has 0 radical (unpaired) electrons. The van der Waals surface area contributed by atoms with Crippen LogP contribution in [0.4, 0.5) is 0 Å². The van der Waals surface area contributed by atoms with Crippen molar-refractivity contribution in [3.8, 4) is 5.75 Å². The van der Waals surface area contributed by atoms with Gasteiger partial charge in [0.15, 0.2) is 5.84 Å². The van der Waals surface area contributed by atoms with Gasteiger partial charge in [-0.05, 0) is 24.6 Å². The van der Waals surface area contributed by atoms with Crippen LogP contribution in [0.1, 0.15) is 25.0 Å². The van der Waals surface area contributed by atoms with Crippen molar-refractivity contribution >= 4 is 17.6 Å². The minimum Gasteiger partial charge on any atom is -0.496 e. The smallest absolute Gasteiger partial charge is 0.173 e. The number of rotatable bonds is 4. The highest BCUT2D eigenvalue weighted by molar-refractivity contribution is 8.00. The Hall–Kier alpha value is -1.40. The fourth-order valence-corrected chi connectivity index (χ4v) is 3.72. The van der Waals surface area contributed by atoms with Gasteiger partial charge in [-0.15, -0.1) is 0 Å². The molecule has 1 aromatic rings. The van der Waals surface area contributed by atoms with Gasteiger partial charge < -0.3 is 15.7 Å². The van der Waals surface area contributed by atoms with Crippen LogP contribution in [0.5, 0.6) is 5.75 Å². The summed E-state index contributed by atoms with van der Waals surface area (Å²) in [7, 11) is 1.58. The molecule has 1 aromatic carbocycles. The molecule has 21 heavy (non-hydrogen) atoms. The van der Waals surface area contributed by atoms with Crippen molar-refractivity contribution in [2.75, 3.05) is 19.4 Å². The summed E-state index contributed by atoms with van der Waals surface area (Å²) >= 11 is 2.02.